The van der Waals surface area contributed by atoms with Gasteiger partial charge < -0.3 is 15.0 Å². The van der Waals surface area contributed by atoms with Gasteiger partial charge in [-0.05, 0) is 37.1 Å². The van der Waals surface area contributed by atoms with Gasteiger partial charge in [-0.1, -0.05) is 36.0 Å². The van der Waals surface area contributed by atoms with E-state index in [9.17, 15) is 13.2 Å². The highest BCUT2D eigenvalue weighted by Gasteiger charge is 2.44. The zero-order valence-corrected chi connectivity index (χ0v) is 19.3. The number of rotatable bonds is 5. The maximum absolute atomic E-state index is 13.0. The second-order valence-electron chi connectivity index (χ2n) is 7.81. The highest BCUT2D eigenvalue weighted by Crippen LogP contribution is 2.37. The summed E-state index contributed by atoms with van der Waals surface area (Å²) in [4.78, 5) is 19.5. The van der Waals surface area contributed by atoms with Crippen LogP contribution in [0.2, 0.25) is 0 Å². The van der Waals surface area contributed by atoms with Crippen LogP contribution in [0.4, 0.5) is 11.4 Å². The summed E-state index contributed by atoms with van der Waals surface area (Å²) in [6.45, 7) is 3.97. The smallest absolute Gasteiger partial charge is 0.244 e. The Kier molecular flexibility index (Phi) is 5.98. The Morgan fingerprint density at radius 3 is 2.58 bits per heavy atom. The molecular formula is C22H25N3O4S2. The van der Waals surface area contributed by atoms with E-state index in [1.54, 1.807) is 7.11 Å². The molecule has 4 rings (SSSR count). The van der Waals surface area contributed by atoms with E-state index in [4.69, 9.17) is 4.74 Å². The third-order valence-corrected chi connectivity index (χ3v) is 8.70. The van der Waals surface area contributed by atoms with Crippen molar-refractivity contribution in [1.82, 2.24) is 0 Å². The normalized spacial score (nSPS) is 21.3. The molecule has 1 saturated heterocycles. The number of aliphatic imine (C=N–C) groups is 1. The molecule has 2 aliphatic rings. The fraction of sp³-hybridized carbons (Fsp3) is 0.364. The van der Waals surface area contributed by atoms with E-state index < -0.39 is 9.84 Å². The van der Waals surface area contributed by atoms with Crippen molar-refractivity contribution >= 4 is 44.0 Å². The number of anilines is 2. The number of nitrogens with zero attached hydrogens (tertiary/aromatic N) is 2. The van der Waals surface area contributed by atoms with Gasteiger partial charge in [-0.2, -0.15) is 0 Å². The summed E-state index contributed by atoms with van der Waals surface area (Å²) in [6, 6.07) is 13.0. The minimum Gasteiger partial charge on any atom is -0.497 e. The Morgan fingerprint density at radius 1 is 1.19 bits per heavy atom. The van der Waals surface area contributed by atoms with Gasteiger partial charge in [0.1, 0.15) is 12.3 Å². The molecule has 1 amide bonds. The van der Waals surface area contributed by atoms with Crippen molar-refractivity contribution < 1.29 is 17.9 Å². The number of amidine groups is 1. The molecule has 0 spiro atoms. The minimum atomic E-state index is -3.05. The quantitative estimate of drug-likeness (QED) is 0.740. The van der Waals surface area contributed by atoms with Gasteiger partial charge in [-0.3, -0.25) is 9.79 Å². The number of amides is 1. The predicted molar refractivity (Wildman–Crippen MR) is 126 cm³/mol. The standard InChI is InChI=1S/C22H25N3O4S2/c1-14-6-4-7-15(2)21(14)24-20(26)11-25(16-8-5-9-17(10-16)29-3)22-23-18-12-31(27,28)13-19(18)30-22/h4-10,18-19H,11-13H2,1-3H3,(H,24,26)/t18-,19+/m1/s1. The van der Waals surface area contributed by atoms with Crippen LogP contribution in [0, 0.1) is 13.8 Å². The SMILES string of the molecule is COc1cccc(N(CC(=O)Nc2c(C)cccc2C)C2=N[C@@H]3CS(=O)(=O)C[C@@H]3S2)c1. The molecule has 2 heterocycles. The minimum absolute atomic E-state index is 0.0545. The second kappa shape index (κ2) is 8.55. The van der Waals surface area contributed by atoms with E-state index in [1.165, 1.54) is 11.8 Å². The number of methoxy groups -OCH3 is 1. The lowest BCUT2D eigenvalue weighted by molar-refractivity contribution is -0.114. The molecule has 2 atom stereocenters. The summed E-state index contributed by atoms with van der Waals surface area (Å²) in [5, 5.41) is 3.58. The number of benzene rings is 2. The number of fused-ring (bicyclic) bond motifs is 1. The van der Waals surface area contributed by atoms with Crippen LogP contribution >= 0.6 is 11.8 Å². The first-order valence-corrected chi connectivity index (χ1v) is 12.7. The molecule has 0 radical (unpaired) electrons. The average Bonchev–Trinajstić information content (AvgIpc) is 3.22. The van der Waals surface area contributed by atoms with Crippen LogP contribution in [0.1, 0.15) is 11.1 Å². The lowest BCUT2D eigenvalue weighted by atomic mass is 10.1. The number of carbonyl (C=O) groups excluding carboxylic acids is 1. The molecule has 31 heavy (non-hydrogen) atoms. The molecule has 0 aliphatic carbocycles. The van der Waals surface area contributed by atoms with E-state index in [-0.39, 0.29) is 35.2 Å². The van der Waals surface area contributed by atoms with Crippen molar-refractivity contribution in [1.29, 1.82) is 0 Å². The van der Waals surface area contributed by atoms with Gasteiger partial charge in [0.25, 0.3) is 0 Å². The molecule has 0 aromatic heterocycles. The van der Waals surface area contributed by atoms with Crippen LogP contribution in [-0.4, -0.2) is 55.9 Å². The Bertz CT molecular complexity index is 1130. The zero-order valence-electron chi connectivity index (χ0n) is 17.7. The molecular weight excluding hydrogens is 434 g/mol. The van der Waals surface area contributed by atoms with Crippen molar-refractivity contribution in [2.24, 2.45) is 4.99 Å². The van der Waals surface area contributed by atoms with Gasteiger partial charge in [0.05, 0.1) is 24.7 Å². The highest BCUT2D eigenvalue weighted by atomic mass is 32.2. The molecule has 2 aliphatic heterocycles. The van der Waals surface area contributed by atoms with Crippen molar-refractivity contribution in [3.05, 3.63) is 53.6 Å². The van der Waals surface area contributed by atoms with Crippen LogP contribution in [0.15, 0.2) is 47.5 Å². The summed E-state index contributed by atoms with van der Waals surface area (Å²) in [5.41, 5.74) is 3.56. The number of carbonyl (C=O) groups is 1. The molecule has 0 unspecified atom stereocenters. The van der Waals surface area contributed by atoms with Crippen LogP contribution in [-0.2, 0) is 14.6 Å². The van der Waals surface area contributed by atoms with Crippen LogP contribution in [0.25, 0.3) is 0 Å². The highest BCUT2D eigenvalue weighted by molar-refractivity contribution is 8.15. The number of ether oxygens (including phenoxy) is 1. The summed E-state index contributed by atoms with van der Waals surface area (Å²) >= 11 is 1.43. The van der Waals surface area contributed by atoms with E-state index in [0.29, 0.717) is 10.9 Å². The Morgan fingerprint density at radius 2 is 1.90 bits per heavy atom. The molecule has 0 bridgehead atoms. The summed E-state index contributed by atoms with van der Waals surface area (Å²) in [5.74, 6) is 0.683. The number of nitrogens with one attached hydrogen (secondary N) is 1. The van der Waals surface area contributed by atoms with Crippen molar-refractivity contribution in [2.75, 3.05) is 35.4 Å². The zero-order chi connectivity index (χ0) is 22.2. The molecule has 7 nitrogen and oxygen atoms in total. The largest absolute Gasteiger partial charge is 0.497 e. The number of para-hydroxylation sites is 1. The topological polar surface area (TPSA) is 88.1 Å². The summed E-state index contributed by atoms with van der Waals surface area (Å²) in [6.07, 6.45) is 0. The molecule has 1 fully saturated rings. The number of hydrogen-bond acceptors (Lipinski definition) is 7. The number of sulfone groups is 1. The number of hydrogen-bond donors (Lipinski definition) is 1. The lowest BCUT2D eigenvalue weighted by Gasteiger charge is -2.25. The first-order chi connectivity index (χ1) is 14.8. The van der Waals surface area contributed by atoms with Gasteiger partial charge in [-0.25, -0.2) is 8.42 Å². The van der Waals surface area contributed by atoms with E-state index in [2.05, 4.69) is 10.3 Å². The molecule has 2 aromatic carbocycles. The van der Waals surface area contributed by atoms with Crippen LogP contribution in [0.5, 0.6) is 5.75 Å². The Labute approximate surface area is 186 Å². The summed E-state index contributed by atoms with van der Waals surface area (Å²) in [7, 11) is -1.46. The molecule has 2 aromatic rings. The molecule has 1 N–H and O–H groups in total. The third-order valence-electron chi connectivity index (χ3n) is 5.45. The Hall–Kier alpha value is -2.52. The molecule has 9 heteroatoms. The first-order valence-electron chi connectivity index (χ1n) is 9.98. The van der Waals surface area contributed by atoms with E-state index in [0.717, 1.165) is 22.5 Å². The first kappa shape index (κ1) is 21.7. The van der Waals surface area contributed by atoms with Crippen LogP contribution < -0.4 is 15.0 Å². The maximum atomic E-state index is 13.0. The van der Waals surface area contributed by atoms with Crippen molar-refractivity contribution in [3.63, 3.8) is 0 Å². The maximum Gasteiger partial charge on any atom is 0.244 e. The van der Waals surface area contributed by atoms with E-state index in [1.807, 2.05) is 61.2 Å². The summed E-state index contributed by atoms with van der Waals surface area (Å²) < 4.78 is 29.2. The van der Waals surface area contributed by atoms with Gasteiger partial charge in [0.2, 0.25) is 5.91 Å². The predicted octanol–water partition coefficient (Wildman–Crippen LogP) is 3.03. The number of aryl methyl sites for hydroxylation is 2. The molecule has 164 valence electrons. The fourth-order valence-corrected chi connectivity index (χ4v) is 7.63. The fourth-order valence-electron chi connectivity index (χ4n) is 3.85. The average molecular weight is 460 g/mol. The van der Waals surface area contributed by atoms with Gasteiger partial charge in [-0.15, -0.1) is 0 Å². The van der Waals surface area contributed by atoms with Gasteiger partial charge in [0, 0.05) is 22.7 Å². The van der Waals surface area contributed by atoms with E-state index >= 15 is 0 Å². The third kappa shape index (κ3) is 4.72. The Balaban J connectivity index is 1.61. The number of thioether (sulfide) groups is 1. The van der Waals surface area contributed by atoms with Gasteiger partial charge >= 0.3 is 0 Å². The monoisotopic (exact) mass is 459 g/mol. The lowest BCUT2D eigenvalue weighted by Crippen LogP contribution is -2.37. The second-order valence-corrected chi connectivity index (χ2v) is 11.2. The van der Waals surface area contributed by atoms with Crippen molar-refractivity contribution in [3.8, 4) is 5.75 Å². The van der Waals surface area contributed by atoms with Crippen LogP contribution in [0.3, 0.4) is 0 Å². The molecule has 0 saturated carbocycles. The van der Waals surface area contributed by atoms with Gasteiger partial charge in [0.15, 0.2) is 15.0 Å². The van der Waals surface area contributed by atoms with Crippen molar-refractivity contribution in [2.45, 2.75) is 25.1 Å².